The molecule has 0 radical (unpaired) electrons. The van der Waals surface area contributed by atoms with Crippen molar-refractivity contribution in [3.63, 3.8) is 0 Å². The number of oxazole rings is 1. The second kappa shape index (κ2) is 4.90. The number of nitrogens with zero attached hydrogens (tertiary/aromatic N) is 2. The molecule has 2 fully saturated rings. The van der Waals surface area contributed by atoms with Crippen LogP contribution in [-0.2, 0) is 11.3 Å². The molecule has 1 N–H and O–H groups in total. The summed E-state index contributed by atoms with van der Waals surface area (Å²) in [6.07, 6.45) is 4.83. The summed E-state index contributed by atoms with van der Waals surface area (Å²) in [5.41, 5.74) is 0.970. The normalized spacial score (nSPS) is 27.2. The fraction of sp³-hybridized carbons (Fsp3) is 0.769. The molecule has 0 saturated carbocycles. The van der Waals surface area contributed by atoms with E-state index in [1.807, 2.05) is 0 Å². The fourth-order valence-corrected chi connectivity index (χ4v) is 2.60. The van der Waals surface area contributed by atoms with Crippen LogP contribution in [-0.4, -0.2) is 36.3 Å². The predicted molar refractivity (Wildman–Crippen MR) is 68.6 cm³/mol. The van der Waals surface area contributed by atoms with E-state index in [9.17, 15) is 0 Å². The molecule has 0 amide bonds. The summed E-state index contributed by atoms with van der Waals surface area (Å²) >= 11 is 0. The summed E-state index contributed by atoms with van der Waals surface area (Å²) in [7, 11) is 0. The SMILES string of the molecule is CC(C)NCc1coc(N2CC3CCC(C2)O3)n1. The van der Waals surface area contributed by atoms with Crippen LogP contribution >= 0.6 is 0 Å². The van der Waals surface area contributed by atoms with Crippen LogP contribution in [0.1, 0.15) is 32.4 Å². The Balaban J connectivity index is 1.62. The highest BCUT2D eigenvalue weighted by atomic mass is 16.5. The minimum atomic E-state index is 0.368. The summed E-state index contributed by atoms with van der Waals surface area (Å²) in [6, 6.07) is 1.21. The number of rotatable bonds is 4. The summed E-state index contributed by atoms with van der Waals surface area (Å²) in [4.78, 5) is 6.76. The highest BCUT2D eigenvalue weighted by Gasteiger charge is 2.35. The number of ether oxygens (including phenoxy) is 1. The van der Waals surface area contributed by atoms with Crippen LogP contribution in [0.15, 0.2) is 10.7 Å². The van der Waals surface area contributed by atoms with Gasteiger partial charge in [0.25, 0.3) is 6.01 Å². The van der Waals surface area contributed by atoms with E-state index >= 15 is 0 Å². The molecule has 0 aromatic carbocycles. The molecule has 18 heavy (non-hydrogen) atoms. The van der Waals surface area contributed by atoms with Gasteiger partial charge in [0, 0.05) is 25.7 Å². The predicted octanol–water partition coefficient (Wildman–Crippen LogP) is 1.54. The lowest BCUT2D eigenvalue weighted by atomic mass is 10.2. The molecule has 3 heterocycles. The van der Waals surface area contributed by atoms with Crippen LogP contribution in [0.2, 0.25) is 0 Å². The van der Waals surface area contributed by atoms with Crippen LogP contribution in [0.25, 0.3) is 0 Å². The van der Waals surface area contributed by atoms with Gasteiger partial charge in [0.15, 0.2) is 0 Å². The molecule has 2 unspecified atom stereocenters. The maximum absolute atomic E-state index is 5.81. The van der Waals surface area contributed by atoms with Crippen LogP contribution in [0.4, 0.5) is 6.01 Å². The van der Waals surface area contributed by atoms with Gasteiger partial charge >= 0.3 is 0 Å². The van der Waals surface area contributed by atoms with Gasteiger partial charge in [-0.05, 0) is 12.8 Å². The topological polar surface area (TPSA) is 50.5 Å². The van der Waals surface area contributed by atoms with Gasteiger partial charge in [-0.2, -0.15) is 4.98 Å². The van der Waals surface area contributed by atoms with E-state index in [2.05, 4.69) is 29.0 Å². The van der Waals surface area contributed by atoms with Gasteiger partial charge in [-0.15, -0.1) is 0 Å². The Kier molecular flexibility index (Phi) is 3.26. The third kappa shape index (κ3) is 2.52. The van der Waals surface area contributed by atoms with E-state index in [0.717, 1.165) is 31.3 Å². The van der Waals surface area contributed by atoms with Crippen molar-refractivity contribution in [1.82, 2.24) is 10.3 Å². The van der Waals surface area contributed by atoms with Crippen molar-refractivity contribution >= 4 is 6.01 Å². The zero-order valence-electron chi connectivity index (χ0n) is 11.1. The zero-order chi connectivity index (χ0) is 12.5. The molecule has 0 spiro atoms. The molecule has 1 aromatic heterocycles. The molecule has 5 heteroatoms. The highest BCUT2D eigenvalue weighted by Crippen LogP contribution is 2.29. The number of hydrogen-bond donors (Lipinski definition) is 1. The minimum Gasteiger partial charge on any atom is -0.432 e. The van der Waals surface area contributed by atoms with Crippen molar-refractivity contribution in [2.75, 3.05) is 18.0 Å². The Labute approximate surface area is 108 Å². The molecule has 2 aliphatic rings. The average Bonchev–Trinajstić information content (AvgIpc) is 2.94. The van der Waals surface area contributed by atoms with Gasteiger partial charge in [0.2, 0.25) is 0 Å². The number of anilines is 1. The molecule has 2 saturated heterocycles. The first kappa shape index (κ1) is 12.0. The minimum absolute atomic E-state index is 0.368. The van der Waals surface area contributed by atoms with E-state index in [1.165, 1.54) is 12.8 Å². The van der Waals surface area contributed by atoms with Crippen molar-refractivity contribution in [3.8, 4) is 0 Å². The first-order valence-corrected chi connectivity index (χ1v) is 6.79. The number of fused-ring (bicyclic) bond motifs is 2. The molecule has 2 aliphatic heterocycles. The van der Waals surface area contributed by atoms with E-state index in [1.54, 1.807) is 6.26 Å². The Morgan fingerprint density at radius 2 is 2.11 bits per heavy atom. The number of nitrogens with one attached hydrogen (secondary N) is 1. The molecule has 5 nitrogen and oxygen atoms in total. The van der Waals surface area contributed by atoms with E-state index in [0.29, 0.717) is 18.2 Å². The molecule has 1 aromatic rings. The van der Waals surface area contributed by atoms with Crippen molar-refractivity contribution in [3.05, 3.63) is 12.0 Å². The quantitative estimate of drug-likeness (QED) is 0.879. The third-order valence-corrected chi connectivity index (χ3v) is 3.55. The van der Waals surface area contributed by atoms with E-state index < -0.39 is 0 Å². The lowest BCUT2D eigenvalue weighted by Gasteiger charge is -2.30. The molecular weight excluding hydrogens is 230 g/mol. The molecule has 100 valence electrons. The maximum atomic E-state index is 5.81. The fourth-order valence-electron chi connectivity index (χ4n) is 2.60. The zero-order valence-corrected chi connectivity index (χ0v) is 11.1. The van der Waals surface area contributed by atoms with Gasteiger partial charge in [0.1, 0.15) is 6.26 Å². The molecule has 3 rings (SSSR count). The smallest absolute Gasteiger partial charge is 0.297 e. The van der Waals surface area contributed by atoms with Crippen molar-refractivity contribution in [2.45, 2.75) is 51.5 Å². The third-order valence-electron chi connectivity index (χ3n) is 3.55. The molecule has 2 atom stereocenters. The van der Waals surface area contributed by atoms with Gasteiger partial charge < -0.3 is 19.4 Å². The van der Waals surface area contributed by atoms with Crippen LogP contribution in [0, 0.1) is 0 Å². The van der Waals surface area contributed by atoms with Crippen molar-refractivity contribution in [1.29, 1.82) is 0 Å². The second-order valence-electron chi connectivity index (χ2n) is 5.52. The maximum Gasteiger partial charge on any atom is 0.297 e. The van der Waals surface area contributed by atoms with Gasteiger partial charge in [-0.1, -0.05) is 13.8 Å². The lowest BCUT2D eigenvalue weighted by molar-refractivity contribution is 0.0288. The monoisotopic (exact) mass is 251 g/mol. The van der Waals surface area contributed by atoms with Crippen molar-refractivity contribution in [2.24, 2.45) is 0 Å². The summed E-state index contributed by atoms with van der Waals surface area (Å²) in [5, 5.41) is 3.34. The Bertz CT molecular complexity index is 393. The Hall–Kier alpha value is -1.07. The van der Waals surface area contributed by atoms with E-state index in [4.69, 9.17) is 9.15 Å². The van der Waals surface area contributed by atoms with Crippen LogP contribution in [0.5, 0.6) is 0 Å². The second-order valence-corrected chi connectivity index (χ2v) is 5.52. The first-order valence-electron chi connectivity index (χ1n) is 6.79. The summed E-state index contributed by atoms with van der Waals surface area (Å²) < 4.78 is 11.4. The average molecular weight is 251 g/mol. The largest absolute Gasteiger partial charge is 0.432 e. The number of hydrogen-bond acceptors (Lipinski definition) is 5. The highest BCUT2D eigenvalue weighted by molar-refractivity contribution is 5.29. The Morgan fingerprint density at radius 1 is 1.39 bits per heavy atom. The van der Waals surface area contributed by atoms with Gasteiger partial charge in [0.05, 0.1) is 17.9 Å². The molecule has 0 aliphatic carbocycles. The molecular formula is C13H21N3O2. The van der Waals surface area contributed by atoms with E-state index in [-0.39, 0.29) is 0 Å². The molecule has 2 bridgehead atoms. The summed E-state index contributed by atoms with van der Waals surface area (Å²) in [6.45, 7) is 6.84. The van der Waals surface area contributed by atoms with Crippen molar-refractivity contribution < 1.29 is 9.15 Å². The number of morpholine rings is 1. The number of aromatic nitrogens is 1. The van der Waals surface area contributed by atoms with Crippen LogP contribution < -0.4 is 10.2 Å². The van der Waals surface area contributed by atoms with Gasteiger partial charge in [-0.25, -0.2) is 0 Å². The summed E-state index contributed by atoms with van der Waals surface area (Å²) in [5.74, 6) is 0. The lowest BCUT2D eigenvalue weighted by Crippen LogP contribution is -2.42. The van der Waals surface area contributed by atoms with Crippen LogP contribution in [0.3, 0.4) is 0 Å². The Morgan fingerprint density at radius 3 is 2.78 bits per heavy atom. The van der Waals surface area contributed by atoms with Gasteiger partial charge in [-0.3, -0.25) is 0 Å². The first-order chi connectivity index (χ1) is 8.70. The standard InChI is InChI=1S/C13H21N3O2/c1-9(2)14-5-10-8-17-13(15-10)16-6-11-3-4-12(7-16)18-11/h8-9,11-12,14H,3-7H2,1-2H3.